The Morgan fingerprint density at radius 2 is 2.29 bits per heavy atom. The van der Waals surface area contributed by atoms with E-state index < -0.39 is 6.09 Å². The van der Waals surface area contributed by atoms with E-state index in [0.29, 0.717) is 17.3 Å². The second kappa shape index (κ2) is 4.83. The zero-order valence-corrected chi connectivity index (χ0v) is 8.43. The maximum Gasteiger partial charge on any atom is 0.409 e. The van der Waals surface area contributed by atoms with Gasteiger partial charge in [0.25, 0.3) is 0 Å². The molecule has 14 heavy (non-hydrogen) atoms. The van der Waals surface area contributed by atoms with Crippen molar-refractivity contribution < 1.29 is 9.90 Å². The standard InChI is InChI=1S/C9H11ClN2O2/c1-11-5-6-4-7(10)2-3-8(6)12-9(13)14/h2-4,11-12H,5H2,1H3,(H,13,14). The van der Waals surface area contributed by atoms with E-state index in [9.17, 15) is 4.79 Å². The zero-order valence-electron chi connectivity index (χ0n) is 7.67. The van der Waals surface area contributed by atoms with Crippen molar-refractivity contribution in [3.8, 4) is 0 Å². The van der Waals surface area contributed by atoms with Crippen LogP contribution in [0.2, 0.25) is 5.02 Å². The molecule has 1 aromatic carbocycles. The molecule has 0 saturated heterocycles. The second-order valence-corrected chi connectivity index (χ2v) is 3.20. The van der Waals surface area contributed by atoms with Gasteiger partial charge in [0.05, 0.1) is 0 Å². The Morgan fingerprint density at radius 3 is 2.86 bits per heavy atom. The molecule has 3 N–H and O–H groups in total. The maximum atomic E-state index is 10.4. The number of carboxylic acid groups (broad SMARTS) is 1. The minimum atomic E-state index is -1.08. The van der Waals surface area contributed by atoms with Crippen LogP contribution in [-0.2, 0) is 6.54 Å². The molecule has 0 aromatic heterocycles. The Labute approximate surface area is 86.9 Å². The lowest BCUT2D eigenvalue weighted by Crippen LogP contribution is -2.12. The first kappa shape index (κ1) is 10.8. The number of anilines is 1. The summed E-state index contributed by atoms with van der Waals surface area (Å²) in [4.78, 5) is 10.4. The van der Waals surface area contributed by atoms with Gasteiger partial charge in [-0.15, -0.1) is 0 Å². The average molecular weight is 215 g/mol. The normalized spacial score (nSPS) is 9.86. The van der Waals surface area contributed by atoms with E-state index in [1.807, 2.05) is 0 Å². The van der Waals surface area contributed by atoms with Crippen LogP contribution in [0.3, 0.4) is 0 Å². The topological polar surface area (TPSA) is 61.4 Å². The lowest BCUT2D eigenvalue weighted by atomic mass is 10.2. The Morgan fingerprint density at radius 1 is 1.57 bits per heavy atom. The summed E-state index contributed by atoms with van der Waals surface area (Å²) in [7, 11) is 1.78. The highest BCUT2D eigenvalue weighted by atomic mass is 35.5. The van der Waals surface area contributed by atoms with Gasteiger partial charge in [-0.05, 0) is 30.8 Å². The smallest absolute Gasteiger partial charge is 0.409 e. The number of nitrogens with one attached hydrogen (secondary N) is 2. The largest absolute Gasteiger partial charge is 0.465 e. The van der Waals surface area contributed by atoms with Gasteiger partial charge in [0.15, 0.2) is 0 Å². The van der Waals surface area contributed by atoms with Crippen LogP contribution in [0.4, 0.5) is 10.5 Å². The number of halogens is 1. The van der Waals surface area contributed by atoms with Gasteiger partial charge in [-0.3, -0.25) is 5.32 Å². The van der Waals surface area contributed by atoms with Crippen LogP contribution in [0.15, 0.2) is 18.2 Å². The molecule has 0 aliphatic rings. The van der Waals surface area contributed by atoms with Crippen LogP contribution in [-0.4, -0.2) is 18.2 Å². The van der Waals surface area contributed by atoms with Crippen molar-refractivity contribution in [1.29, 1.82) is 0 Å². The Balaban J connectivity index is 2.95. The lowest BCUT2D eigenvalue weighted by molar-refractivity contribution is 0.209. The fraction of sp³-hybridized carbons (Fsp3) is 0.222. The number of amides is 1. The van der Waals surface area contributed by atoms with Gasteiger partial charge in [0.2, 0.25) is 0 Å². The van der Waals surface area contributed by atoms with Crippen LogP contribution in [0.5, 0.6) is 0 Å². The minimum Gasteiger partial charge on any atom is -0.465 e. The van der Waals surface area contributed by atoms with Crippen molar-refractivity contribution in [2.24, 2.45) is 0 Å². The molecule has 1 rings (SSSR count). The molecule has 0 aliphatic heterocycles. The number of rotatable bonds is 3. The highest BCUT2D eigenvalue weighted by Crippen LogP contribution is 2.20. The van der Waals surface area contributed by atoms with Gasteiger partial charge < -0.3 is 10.4 Å². The van der Waals surface area contributed by atoms with Crippen LogP contribution in [0.25, 0.3) is 0 Å². The Kier molecular flexibility index (Phi) is 3.73. The molecule has 5 heteroatoms. The van der Waals surface area contributed by atoms with Crippen molar-refractivity contribution >= 4 is 23.4 Å². The first-order valence-electron chi connectivity index (χ1n) is 4.06. The average Bonchev–Trinajstić information content (AvgIpc) is 2.09. The molecular formula is C9H11ClN2O2. The first-order valence-corrected chi connectivity index (χ1v) is 4.44. The van der Waals surface area contributed by atoms with Crippen LogP contribution >= 0.6 is 11.6 Å². The molecule has 1 amide bonds. The Hall–Kier alpha value is -1.26. The van der Waals surface area contributed by atoms with Gasteiger partial charge in [0.1, 0.15) is 0 Å². The lowest BCUT2D eigenvalue weighted by Gasteiger charge is -2.08. The highest BCUT2D eigenvalue weighted by molar-refractivity contribution is 6.30. The summed E-state index contributed by atoms with van der Waals surface area (Å²) >= 11 is 5.79. The van der Waals surface area contributed by atoms with Crippen molar-refractivity contribution in [2.45, 2.75) is 6.54 Å². The molecule has 1 aromatic rings. The summed E-state index contributed by atoms with van der Waals surface area (Å²) in [5, 5.41) is 14.4. The van der Waals surface area contributed by atoms with Crippen LogP contribution in [0.1, 0.15) is 5.56 Å². The molecule has 0 spiro atoms. The third kappa shape index (κ3) is 2.90. The molecular weight excluding hydrogens is 204 g/mol. The van der Waals surface area contributed by atoms with E-state index >= 15 is 0 Å². The highest BCUT2D eigenvalue weighted by Gasteiger charge is 2.04. The predicted octanol–water partition coefficient (Wildman–Crippen LogP) is 2.15. The molecule has 0 bridgehead atoms. The van der Waals surface area contributed by atoms with Crippen molar-refractivity contribution in [3.05, 3.63) is 28.8 Å². The summed E-state index contributed by atoms with van der Waals surface area (Å²) < 4.78 is 0. The molecule has 76 valence electrons. The maximum absolute atomic E-state index is 10.4. The van der Waals surface area contributed by atoms with E-state index in [-0.39, 0.29) is 0 Å². The van der Waals surface area contributed by atoms with E-state index in [1.54, 1.807) is 25.2 Å². The van der Waals surface area contributed by atoms with E-state index in [0.717, 1.165) is 5.56 Å². The number of hydrogen-bond acceptors (Lipinski definition) is 2. The van der Waals surface area contributed by atoms with E-state index in [1.165, 1.54) is 0 Å². The van der Waals surface area contributed by atoms with Crippen molar-refractivity contribution in [3.63, 3.8) is 0 Å². The molecule has 0 unspecified atom stereocenters. The summed E-state index contributed by atoms with van der Waals surface area (Å²) in [5.74, 6) is 0. The fourth-order valence-corrected chi connectivity index (χ4v) is 1.33. The number of benzene rings is 1. The quantitative estimate of drug-likeness (QED) is 0.723. The second-order valence-electron chi connectivity index (χ2n) is 2.76. The molecule has 0 heterocycles. The third-order valence-corrected chi connectivity index (χ3v) is 1.91. The molecule has 0 aliphatic carbocycles. The van der Waals surface area contributed by atoms with Gasteiger partial charge >= 0.3 is 6.09 Å². The monoisotopic (exact) mass is 214 g/mol. The molecule has 0 radical (unpaired) electrons. The zero-order chi connectivity index (χ0) is 10.6. The van der Waals surface area contributed by atoms with Gasteiger partial charge in [-0.1, -0.05) is 11.6 Å². The van der Waals surface area contributed by atoms with Crippen LogP contribution in [0, 0.1) is 0 Å². The van der Waals surface area contributed by atoms with Crippen molar-refractivity contribution in [1.82, 2.24) is 5.32 Å². The minimum absolute atomic E-state index is 0.552. The van der Waals surface area contributed by atoms with Crippen molar-refractivity contribution in [2.75, 3.05) is 12.4 Å². The van der Waals surface area contributed by atoms with Gasteiger partial charge in [-0.2, -0.15) is 0 Å². The third-order valence-electron chi connectivity index (χ3n) is 1.68. The van der Waals surface area contributed by atoms with Crippen LogP contribution < -0.4 is 10.6 Å². The predicted molar refractivity (Wildman–Crippen MR) is 55.9 cm³/mol. The molecule has 4 nitrogen and oxygen atoms in total. The first-order chi connectivity index (χ1) is 6.63. The SMILES string of the molecule is CNCc1cc(Cl)ccc1NC(=O)O. The molecule has 0 saturated carbocycles. The fourth-order valence-electron chi connectivity index (χ4n) is 1.14. The molecule has 0 fully saturated rings. The number of hydrogen-bond donors (Lipinski definition) is 3. The summed E-state index contributed by atoms with van der Waals surface area (Å²) in [6.07, 6.45) is -1.08. The Bertz CT molecular complexity index is 342. The molecule has 0 atom stereocenters. The summed E-state index contributed by atoms with van der Waals surface area (Å²) in [6, 6.07) is 5.01. The summed E-state index contributed by atoms with van der Waals surface area (Å²) in [6.45, 7) is 0.566. The van der Waals surface area contributed by atoms with Gasteiger partial charge in [0, 0.05) is 17.3 Å². The van der Waals surface area contributed by atoms with Gasteiger partial charge in [-0.25, -0.2) is 4.79 Å². The number of carbonyl (C=O) groups is 1. The van der Waals surface area contributed by atoms with E-state index in [4.69, 9.17) is 16.7 Å². The summed E-state index contributed by atoms with van der Waals surface area (Å²) in [5.41, 5.74) is 1.37. The van der Waals surface area contributed by atoms with E-state index in [2.05, 4.69) is 10.6 Å².